The van der Waals surface area contributed by atoms with Crippen molar-refractivity contribution in [2.45, 2.75) is 19.3 Å². The Morgan fingerprint density at radius 1 is 0.636 bits per heavy atom. The molecule has 0 unspecified atom stereocenters. The van der Waals surface area contributed by atoms with Gasteiger partial charge in [0.15, 0.2) is 0 Å². The Hall–Kier alpha value is -3.28. The Morgan fingerprint density at radius 3 is 1.79 bits per heavy atom. The van der Waals surface area contributed by atoms with Gasteiger partial charge < -0.3 is 19.9 Å². The van der Waals surface area contributed by atoms with Crippen molar-refractivity contribution in [3.63, 3.8) is 0 Å². The Morgan fingerprint density at radius 2 is 1.18 bits per heavy atom. The van der Waals surface area contributed by atoms with E-state index in [0.29, 0.717) is 25.6 Å². The minimum absolute atomic E-state index is 0.269. The first-order chi connectivity index (χ1) is 16.2. The molecule has 168 valence electrons. The summed E-state index contributed by atoms with van der Waals surface area (Å²) in [5.41, 5.74) is 9.59. The second kappa shape index (κ2) is 11.5. The molecule has 0 saturated carbocycles. The zero-order valence-corrected chi connectivity index (χ0v) is 19.8. The highest BCUT2D eigenvalue weighted by atomic mass is 79.9. The summed E-state index contributed by atoms with van der Waals surface area (Å²) in [6.45, 7) is 1.37. The topological polar surface area (TPSA) is 53.7 Å². The van der Waals surface area contributed by atoms with Crippen molar-refractivity contribution < 1.29 is 14.2 Å². The molecule has 0 bridgehead atoms. The molecule has 1 atom stereocenters. The summed E-state index contributed by atoms with van der Waals surface area (Å²) in [4.78, 5) is 0. The van der Waals surface area contributed by atoms with Crippen LogP contribution in [0.5, 0.6) is 17.2 Å². The molecule has 0 aliphatic heterocycles. The summed E-state index contributed by atoms with van der Waals surface area (Å²) < 4.78 is 18.6. The second-order valence-corrected chi connectivity index (χ2v) is 8.48. The quantitative estimate of drug-likeness (QED) is 0.262. The van der Waals surface area contributed by atoms with Crippen molar-refractivity contribution in [2.24, 2.45) is 5.73 Å². The molecule has 0 spiro atoms. The van der Waals surface area contributed by atoms with Gasteiger partial charge in [0.25, 0.3) is 0 Å². The lowest BCUT2D eigenvalue weighted by molar-refractivity contribution is 0.279. The van der Waals surface area contributed by atoms with Gasteiger partial charge in [-0.15, -0.1) is 0 Å². The van der Waals surface area contributed by atoms with Gasteiger partial charge in [-0.3, -0.25) is 0 Å². The van der Waals surface area contributed by atoms with Crippen LogP contribution in [-0.4, -0.2) is 6.61 Å². The number of hydrogen-bond acceptors (Lipinski definition) is 4. The van der Waals surface area contributed by atoms with E-state index in [9.17, 15) is 0 Å². The minimum atomic E-state index is -0.269. The third kappa shape index (κ3) is 6.85. The van der Waals surface area contributed by atoms with Crippen molar-refractivity contribution in [1.29, 1.82) is 0 Å². The molecule has 0 fully saturated rings. The molecule has 4 rings (SSSR count). The largest absolute Gasteiger partial charge is 0.490 e. The van der Waals surface area contributed by atoms with E-state index in [0.717, 1.165) is 32.7 Å². The first-order valence-electron chi connectivity index (χ1n) is 10.8. The van der Waals surface area contributed by atoms with Gasteiger partial charge in [-0.05, 0) is 56.9 Å². The van der Waals surface area contributed by atoms with E-state index in [1.54, 1.807) is 0 Å². The third-order valence-corrected chi connectivity index (χ3v) is 5.78. The Balaban J connectivity index is 1.30. The van der Waals surface area contributed by atoms with Gasteiger partial charge >= 0.3 is 0 Å². The van der Waals surface area contributed by atoms with Crippen LogP contribution in [0.4, 0.5) is 0 Å². The number of halogens is 1. The lowest BCUT2D eigenvalue weighted by Gasteiger charge is -2.16. The lowest BCUT2D eigenvalue weighted by Crippen LogP contribution is -2.19. The van der Waals surface area contributed by atoms with Crippen LogP contribution < -0.4 is 19.9 Å². The molecule has 0 amide bonds. The number of nitrogens with two attached hydrogens (primary N) is 1. The van der Waals surface area contributed by atoms with Crippen LogP contribution in [0.2, 0.25) is 0 Å². The van der Waals surface area contributed by atoms with Crippen LogP contribution in [0.1, 0.15) is 22.7 Å². The fourth-order valence-corrected chi connectivity index (χ4v) is 3.61. The zero-order chi connectivity index (χ0) is 22.9. The average Bonchev–Trinajstić information content (AvgIpc) is 2.87. The van der Waals surface area contributed by atoms with E-state index < -0.39 is 0 Å². The van der Waals surface area contributed by atoms with Gasteiger partial charge in [0, 0.05) is 6.07 Å². The molecule has 0 heterocycles. The van der Waals surface area contributed by atoms with E-state index in [1.165, 1.54) is 0 Å². The van der Waals surface area contributed by atoms with Crippen LogP contribution in [0.15, 0.2) is 108 Å². The minimum Gasteiger partial charge on any atom is -0.490 e. The maximum absolute atomic E-state index is 6.37. The van der Waals surface area contributed by atoms with Crippen molar-refractivity contribution in [2.75, 3.05) is 6.61 Å². The summed E-state index contributed by atoms with van der Waals surface area (Å²) in [6.07, 6.45) is 0. The van der Waals surface area contributed by atoms with Crippen LogP contribution in [0.25, 0.3) is 0 Å². The Bertz CT molecular complexity index is 1130. The van der Waals surface area contributed by atoms with E-state index in [1.807, 2.05) is 103 Å². The Labute approximate surface area is 203 Å². The first kappa shape index (κ1) is 22.9. The van der Waals surface area contributed by atoms with Crippen LogP contribution in [0.3, 0.4) is 0 Å². The molecule has 4 aromatic carbocycles. The molecule has 0 aromatic heterocycles. The molecular formula is C28H26BrNO3. The lowest BCUT2D eigenvalue weighted by atomic mass is 10.1. The van der Waals surface area contributed by atoms with Gasteiger partial charge in [-0.1, -0.05) is 72.8 Å². The van der Waals surface area contributed by atoms with Crippen molar-refractivity contribution in [1.82, 2.24) is 0 Å². The van der Waals surface area contributed by atoms with E-state index in [4.69, 9.17) is 19.9 Å². The molecular weight excluding hydrogens is 478 g/mol. The standard InChI is InChI=1S/C28H26BrNO3/c29-26-16-15-25(32-19-22-9-5-2-6-10-22)17-28(26)33-20-27(30)23-11-13-24(14-12-23)31-18-21-7-3-1-4-8-21/h1-17,27H,18-20,30H2/t27-/m0/s1. The number of benzene rings is 4. The van der Waals surface area contributed by atoms with Crippen molar-refractivity contribution in [3.8, 4) is 17.2 Å². The molecule has 4 nitrogen and oxygen atoms in total. The van der Waals surface area contributed by atoms with Gasteiger partial charge in [0.1, 0.15) is 37.1 Å². The highest BCUT2D eigenvalue weighted by Crippen LogP contribution is 2.30. The fourth-order valence-electron chi connectivity index (χ4n) is 3.25. The van der Waals surface area contributed by atoms with E-state index in [2.05, 4.69) is 15.9 Å². The Kier molecular flexibility index (Phi) is 8.01. The number of hydrogen-bond donors (Lipinski definition) is 1. The van der Waals surface area contributed by atoms with Crippen LogP contribution in [-0.2, 0) is 13.2 Å². The zero-order valence-electron chi connectivity index (χ0n) is 18.2. The van der Waals surface area contributed by atoms with Gasteiger partial charge in [0.05, 0.1) is 10.5 Å². The number of rotatable bonds is 10. The second-order valence-electron chi connectivity index (χ2n) is 7.63. The van der Waals surface area contributed by atoms with Crippen LogP contribution in [0, 0.1) is 0 Å². The van der Waals surface area contributed by atoms with E-state index in [-0.39, 0.29) is 6.04 Å². The highest BCUT2D eigenvalue weighted by molar-refractivity contribution is 9.10. The van der Waals surface area contributed by atoms with Crippen LogP contribution >= 0.6 is 15.9 Å². The monoisotopic (exact) mass is 503 g/mol. The molecule has 4 aromatic rings. The first-order valence-corrected chi connectivity index (χ1v) is 11.6. The normalized spacial score (nSPS) is 11.6. The SMILES string of the molecule is N[C@@H](COc1cc(OCc2ccccc2)ccc1Br)c1ccc(OCc2ccccc2)cc1. The van der Waals surface area contributed by atoms with Crippen molar-refractivity contribution >= 4 is 15.9 Å². The molecule has 0 aliphatic rings. The predicted molar refractivity (Wildman–Crippen MR) is 135 cm³/mol. The number of ether oxygens (including phenoxy) is 3. The summed E-state index contributed by atoms with van der Waals surface area (Å²) in [5, 5.41) is 0. The maximum atomic E-state index is 6.37. The molecule has 0 saturated heterocycles. The maximum Gasteiger partial charge on any atom is 0.137 e. The van der Waals surface area contributed by atoms with Gasteiger partial charge in [-0.2, -0.15) is 0 Å². The smallest absolute Gasteiger partial charge is 0.137 e. The molecule has 2 N–H and O–H groups in total. The summed E-state index contributed by atoms with van der Waals surface area (Å²) in [5.74, 6) is 2.24. The molecule has 5 heteroatoms. The summed E-state index contributed by atoms with van der Waals surface area (Å²) in [6, 6.07) is 33.4. The van der Waals surface area contributed by atoms with Crippen molar-refractivity contribution in [3.05, 3.63) is 124 Å². The molecule has 0 radical (unpaired) electrons. The highest BCUT2D eigenvalue weighted by Gasteiger charge is 2.10. The average molecular weight is 504 g/mol. The molecule has 0 aliphatic carbocycles. The summed E-state index contributed by atoms with van der Waals surface area (Å²) >= 11 is 3.54. The fraction of sp³-hybridized carbons (Fsp3) is 0.143. The van der Waals surface area contributed by atoms with Gasteiger partial charge in [-0.25, -0.2) is 0 Å². The summed E-state index contributed by atoms with van der Waals surface area (Å²) in [7, 11) is 0. The third-order valence-electron chi connectivity index (χ3n) is 5.13. The van der Waals surface area contributed by atoms with Gasteiger partial charge in [0.2, 0.25) is 0 Å². The van der Waals surface area contributed by atoms with E-state index >= 15 is 0 Å². The predicted octanol–water partition coefficient (Wildman–Crippen LogP) is 6.69. The molecule has 33 heavy (non-hydrogen) atoms.